The molecule has 0 rings (SSSR count). The van der Waals surface area contributed by atoms with Crippen molar-refractivity contribution in [1.29, 1.82) is 0 Å². The fourth-order valence-corrected chi connectivity index (χ4v) is 2.76. The van der Waals surface area contributed by atoms with Crippen molar-refractivity contribution in [2.24, 2.45) is 4.99 Å². The number of rotatable bonds is 11. The van der Waals surface area contributed by atoms with Gasteiger partial charge in [-0.15, -0.1) is 0 Å². The largest absolute Gasteiger partial charge is 0.382 e. The Morgan fingerprint density at radius 3 is 2.41 bits per heavy atom. The minimum absolute atomic E-state index is 0.421. The first-order chi connectivity index (χ1) is 10.2. The smallest absolute Gasteiger partial charge is 0.209 e. The summed E-state index contributed by atoms with van der Waals surface area (Å²) in [6.07, 6.45) is 1.99. The molecular formula is C13H30N4O4S. The van der Waals surface area contributed by atoms with E-state index in [0.717, 1.165) is 12.7 Å². The molecule has 22 heavy (non-hydrogen) atoms. The molecule has 3 N–H and O–H groups in total. The predicted molar refractivity (Wildman–Crippen MR) is 88.7 cm³/mol. The van der Waals surface area contributed by atoms with Crippen LogP contribution in [0.15, 0.2) is 4.99 Å². The SMILES string of the molecule is CN=C(NCCCOCCOC)NCC(C)(C)NS(C)(=O)=O. The molecule has 9 heteroatoms. The number of aliphatic imine (C=N–C) groups is 1. The first-order valence-electron chi connectivity index (χ1n) is 7.20. The van der Waals surface area contributed by atoms with E-state index in [1.807, 2.05) is 0 Å². The number of sulfonamides is 1. The van der Waals surface area contributed by atoms with E-state index in [2.05, 4.69) is 20.3 Å². The van der Waals surface area contributed by atoms with Crippen LogP contribution in [-0.4, -0.2) is 73.2 Å². The summed E-state index contributed by atoms with van der Waals surface area (Å²) in [5.74, 6) is 0.625. The van der Waals surface area contributed by atoms with Crippen molar-refractivity contribution >= 4 is 16.0 Å². The molecule has 0 aliphatic heterocycles. The van der Waals surface area contributed by atoms with Crippen molar-refractivity contribution in [3.05, 3.63) is 0 Å². The Kier molecular flexibility index (Phi) is 10.3. The van der Waals surface area contributed by atoms with Gasteiger partial charge in [0.2, 0.25) is 10.0 Å². The van der Waals surface area contributed by atoms with Crippen LogP contribution in [0.1, 0.15) is 20.3 Å². The molecule has 0 amide bonds. The van der Waals surface area contributed by atoms with Gasteiger partial charge in [-0.1, -0.05) is 0 Å². The van der Waals surface area contributed by atoms with Crippen LogP contribution in [0.5, 0.6) is 0 Å². The third-order valence-electron chi connectivity index (χ3n) is 2.57. The molecule has 132 valence electrons. The van der Waals surface area contributed by atoms with E-state index in [1.54, 1.807) is 28.0 Å². The lowest BCUT2D eigenvalue weighted by molar-refractivity contribution is 0.0698. The second-order valence-corrected chi connectivity index (χ2v) is 7.32. The van der Waals surface area contributed by atoms with Crippen LogP contribution in [-0.2, 0) is 19.5 Å². The van der Waals surface area contributed by atoms with Gasteiger partial charge in [0.15, 0.2) is 5.96 Å². The highest BCUT2D eigenvalue weighted by atomic mass is 32.2. The summed E-state index contributed by atoms with van der Waals surface area (Å²) in [5.41, 5.74) is -0.603. The zero-order chi connectivity index (χ0) is 17.1. The summed E-state index contributed by atoms with van der Waals surface area (Å²) >= 11 is 0. The average Bonchev–Trinajstić information content (AvgIpc) is 2.38. The van der Waals surface area contributed by atoms with Crippen molar-refractivity contribution in [2.45, 2.75) is 25.8 Å². The summed E-state index contributed by atoms with van der Waals surface area (Å²) in [6, 6.07) is 0. The molecule has 0 aliphatic carbocycles. The third kappa shape index (κ3) is 12.8. The number of nitrogens with zero attached hydrogens (tertiary/aromatic N) is 1. The second-order valence-electron chi connectivity index (χ2n) is 5.57. The summed E-state index contributed by atoms with van der Waals surface area (Å²) in [7, 11) is 0.0622. The Morgan fingerprint density at radius 2 is 1.86 bits per heavy atom. The molecule has 0 aliphatic rings. The standard InChI is InChI=1S/C13H30N4O4S/c1-13(2,17-22(5,18)19)11-16-12(14-3)15-7-6-8-21-10-9-20-4/h17H,6-11H2,1-5H3,(H2,14,15,16). The Balaban J connectivity index is 3.93. The van der Waals surface area contributed by atoms with E-state index in [4.69, 9.17) is 9.47 Å². The minimum Gasteiger partial charge on any atom is -0.382 e. The highest BCUT2D eigenvalue weighted by molar-refractivity contribution is 7.88. The van der Waals surface area contributed by atoms with E-state index in [0.29, 0.717) is 38.9 Å². The molecule has 0 radical (unpaired) electrons. The van der Waals surface area contributed by atoms with Gasteiger partial charge in [-0.3, -0.25) is 4.99 Å². The molecule has 8 nitrogen and oxygen atoms in total. The third-order valence-corrected chi connectivity index (χ3v) is 3.50. The number of methoxy groups -OCH3 is 1. The van der Waals surface area contributed by atoms with Crippen LogP contribution < -0.4 is 15.4 Å². The van der Waals surface area contributed by atoms with E-state index in [1.165, 1.54) is 0 Å². The zero-order valence-electron chi connectivity index (χ0n) is 14.2. The molecule has 0 spiro atoms. The molecule has 0 heterocycles. The van der Waals surface area contributed by atoms with Gasteiger partial charge in [-0.2, -0.15) is 0 Å². The van der Waals surface area contributed by atoms with Gasteiger partial charge in [0.25, 0.3) is 0 Å². The van der Waals surface area contributed by atoms with Gasteiger partial charge in [-0.05, 0) is 20.3 Å². The zero-order valence-corrected chi connectivity index (χ0v) is 15.0. The van der Waals surface area contributed by atoms with Gasteiger partial charge in [0, 0.05) is 39.4 Å². The van der Waals surface area contributed by atoms with Crippen molar-refractivity contribution < 1.29 is 17.9 Å². The lowest BCUT2D eigenvalue weighted by Crippen LogP contribution is -2.53. The Labute approximate surface area is 134 Å². The molecule has 0 aromatic rings. The second kappa shape index (κ2) is 10.8. The Morgan fingerprint density at radius 1 is 1.18 bits per heavy atom. The lowest BCUT2D eigenvalue weighted by atomic mass is 10.1. The monoisotopic (exact) mass is 338 g/mol. The molecule has 0 saturated carbocycles. The maximum absolute atomic E-state index is 11.3. The number of hydrogen-bond acceptors (Lipinski definition) is 5. The highest BCUT2D eigenvalue weighted by Gasteiger charge is 2.22. The van der Waals surface area contributed by atoms with E-state index >= 15 is 0 Å². The summed E-state index contributed by atoms with van der Waals surface area (Å²) < 4.78 is 35.4. The van der Waals surface area contributed by atoms with E-state index in [-0.39, 0.29) is 0 Å². The average molecular weight is 338 g/mol. The van der Waals surface area contributed by atoms with Gasteiger partial charge in [0.1, 0.15) is 0 Å². The number of hydrogen-bond donors (Lipinski definition) is 3. The molecule has 0 unspecified atom stereocenters. The quantitative estimate of drug-likeness (QED) is 0.268. The molecule has 0 atom stereocenters. The van der Waals surface area contributed by atoms with Crippen molar-refractivity contribution in [2.75, 3.05) is 53.3 Å². The maximum atomic E-state index is 11.3. The Bertz CT molecular complexity index is 424. The first-order valence-corrected chi connectivity index (χ1v) is 9.09. The predicted octanol–water partition coefficient (Wildman–Crippen LogP) is -0.468. The van der Waals surface area contributed by atoms with Crippen molar-refractivity contribution in [3.8, 4) is 0 Å². The fraction of sp³-hybridized carbons (Fsp3) is 0.923. The van der Waals surface area contributed by atoms with Crippen molar-refractivity contribution in [3.63, 3.8) is 0 Å². The molecular weight excluding hydrogens is 308 g/mol. The van der Waals surface area contributed by atoms with Crippen LogP contribution in [0, 0.1) is 0 Å². The van der Waals surface area contributed by atoms with Gasteiger partial charge >= 0.3 is 0 Å². The number of guanidine groups is 1. The van der Waals surface area contributed by atoms with Crippen LogP contribution >= 0.6 is 0 Å². The molecule has 0 aromatic heterocycles. The summed E-state index contributed by atoms with van der Waals surface area (Å²) in [4.78, 5) is 4.09. The van der Waals surface area contributed by atoms with Crippen LogP contribution in [0.4, 0.5) is 0 Å². The van der Waals surface area contributed by atoms with Crippen LogP contribution in [0.25, 0.3) is 0 Å². The first kappa shape index (κ1) is 21.1. The fourth-order valence-electron chi connectivity index (χ4n) is 1.69. The number of ether oxygens (including phenoxy) is 2. The topological polar surface area (TPSA) is 101 Å². The van der Waals surface area contributed by atoms with Gasteiger partial charge in [0.05, 0.1) is 19.5 Å². The van der Waals surface area contributed by atoms with Crippen LogP contribution in [0.2, 0.25) is 0 Å². The molecule has 0 bridgehead atoms. The van der Waals surface area contributed by atoms with E-state index in [9.17, 15) is 8.42 Å². The van der Waals surface area contributed by atoms with Crippen molar-refractivity contribution in [1.82, 2.24) is 15.4 Å². The van der Waals surface area contributed by atoms with Crippen LogP contribution in [0.3, 0.4) is 0 Å². The summed E-state index contributed by atoms with van der Waals surface area (Å²) in [5, 5.41) is 6.24. The lowest BCUT2D eigenvalue weighted by Gasteiger charge is -2.26. The molecule has 0 aromatic carbocycles. The highest BCUT2D eigenvalue weighted by Crippen LogP contribution is 2.01. The maximum Gasteiger partial charge on any atom is 0.209 e. The Hall–Kier alpha value is -0.900. The number of nitrogens with one attached hydrogen (secondary N) is 3. The molecule has 0 fully saturated rings. The van der Waals surface area contributed by atoms with Gasteiger partial charge in [-0.25, -0.2) is 13.1 Å². The van der Waals surface area contributed by atoms with Gasteiger partial charge < -0.3 is 20.1 Å². The normalized spacial score (nSPS) is 13.2. The minimum atomic E-state index is -3.25. The molecule has 0 saturated heterocycles. The summed E-state index contributed by atoms with van der Waals surface area (Å²) in [6.45, 7) is 6.58. The van der Waals surface area contributed by atoms with E-state index < -0.39 is 15.6 Å².